The van der Waals surface area contributed by atoms with Gasteiger partial charge in [0.05, 0.1) is 0 Å². The highest BCUT2D eigenvalue weighted by molar-refractivity contribution is 5.94. The Morgan fingerprint density at radius 2 is 2.25 bits per heavy atom. The fourth-order valence-electron chi connectivity index (χ4n) is 1.40. The van der Waals surface area contributed by atoms with Gasteiger partial charge in [0, 0.05) is 18.0 Å². The zero-order valence-electron chi connectivity index (χ0n) is 9.38. The minimum atomic E-state index is -0.408. The highest BCUT2D eigenvalue weighted by atomic mass is 19.1. The van der Waals surface area contributed by atoms with Crippen LogP contribution in [-0.2, 0) is 0 Å². The summed E-state index contributed by atoms with van der Waals surface area (Å²) in [4.78, 5) is 11.7. The van der Waals surface area contributed by atoms with Gasteiger partial charge in [-0.1, -0.05) is 0 Å². The minimum Gasteiger partial charge on any atom is -0.349 e. The van der Waals surface area contributed by atoms with E-state index >= 15 is 0 Å². The SMILES string of the molecule is C#CCC(C)NC(=O)c1cc(C)cc(F)c1. The molecule has 1 aromatic carbocycles. The summed E-state index contributed by atoms with van der Waals surface area (Å²) in [5.41, 5.74) is 1.04. The number of carbonyl (C=O) groups excluding carboxylic acids is 1. The van der Waals surface area contributed by atoms with Crippen LogP contribution in [0, 0.1) is 25.1 Å². The van der Waals surface area contributed by atoms with E-state index in [4.69, 9.17) is 6.42 Å². The Balaban J connectivity index is 2.77. The first-order valence-electron chi connectivity index (χ1n) is 5.04. The molecule has 0 radical (unpaired) electrons. The zero-order chi connectivity index (χ0) is 12.1. The van der Waals surface area contributed by atoms with Gasteiger partial charge in [0.25, 0.3) is 5.91 Å². The standard InChI is InChI=1S/C13H14FNO/c1-4-5-10(3)15-13(16)11-6-9(2)7-12(14)8-11/h1,6-8,10H,5H2,2-3H3,(H,15,16). The van der Waals surface area contributed by atoms with Gasteiger partial charge in [-0.05, 0) is 37.6 Å². The van der Waals surface area contributed by atoms with Crippen LogP contribution in [0.25, 0.3) is 0 Å². The molecule has 0 aliphatic heterocycles. The Hall–Kier alpha value is -1.82. The van der Waals surface area contributed by atoms with Crippen molar-refractivity contribution in [1.29, 1.82) is 0 Å². The summed E-state index contributed by atoms with van der Waals surface area (Å²) in [6, 6.07) is 4.12. The summed E-state index contributed by atoms with van der Waals surface area (Å²) in [6.45, 7) is 3.55. The van der Waals surface area contributed by atoms with E-state index in [-0.39, 0.29) is 11.9 Å². The molecular weight excluding hydrogens is 205 g/mol. The molecule has 0 bridgehead atoms. The smallest absolute Gasteiger partial charge is 0.251 e. The van der Waals surface area contributed by atoms with Crippen LogP contribution in [0.15, 0.2) is 18.2 Å². The van der Waals surface area contributed by atoms with E-state index in [1.54, 1.807) is 13.0 Å². The van der Waals surface area contributed by atoms with Gasteiger partial charge in [-0.3, -0.25) is 4.79 Å². The summed E-state index contributed by atoms with van der Waals surface area (Å²) in [7, 11) is 0. The number of rotatable bonds is 3. The Kier molecular flexibility index (Phi) is 4.07. The average Bonchev–Trinajstić information content (AvgIpc) is 2.16. The van der Waals surface area contributed by atoms with Gasteiger partial charge in [-0.15, -0.1) is 12.3 Å². The molecule has 0 fully saturated rings. The molecule has 0 saturated carbocycles. The molecule has 1 atom stereocenters. The molecule has 0 aliphatic carbocycles. The van der Waals surface area contributed by atoms with Crippen molar-refractivity contribution >= 4 is 5.91 Å². The molecule has 2 nitrogen and oxygen atoms in total. The van der Waals surface area contributed by atoms with Crippen molar-refractivity contribution < 1.29 is 9.18 Å². The first-order valence-corrected chi connectivity index (χ1v) is 5.04. The number of hydrogen-bond acceptors (Lipinski definition) is 1. The van der Waals surface area contributed by atoms with Crippen LogP contribution in [0.1, 0.15) is 29.3 Å². The molecular formula is C13H14FNO. The number of halogens is 1. The lowest BCUT2D eigenvalue weighted by Crippen LogP contribution is -2.32. The summed E-state index contributed by atoms with van der Waals surface area (Å²) in [6.07, 6.45) is 5.59. The maximum atomic E-state index is 13.1. The quantitative estimate of drug-likeness (QED) is 0.776. The minimum absolute atomic E-state index is 0.110. The van der Waals surface area contributed by atoms with Crippen LogP contribution in [0.4, 0.5) is 4.39 Å². The lowest BCUT2D eigenvalue weighted by Gasteiger charge is -2.11. The molecule has 3 heteroatoms. The van der Waals surface area contributed by atoms with Gasteiger partial charge < -0.3 is 5.32 Å². The second-order valence-corrected chi connectivity index (χ2v) is 3.80. The molecule has 16 heavy (non-hydrogen) atoms. The topological polar surface area (TPSA) is 29.1 Å². The number of amides is 1. The molecule has 0 spiro atoms. The molecule has 0 saturated heterocycles. The average molecular weight is 219 g/mol. The van der Waals surface area contributed by atoms with Crippen molar-refractivity contribution in [1.82, 2.24) is 5.32 Å². The number of terminal acetylenes is 1. The molecule has 1 aromatic rings. The second-order valence-electron chi connectivity index (χ2n) is 3.80. The predicted octanol–water partition coefficient (Wildman–Crippen LogP) is 2.28. The van der Waals surface area contributed by atoms with E-state index in [2.05, 4.69) is 11.2 Å². The van der Waals surface area contributed by atoms with Crippen molar-refractivity contribution in [2.75, 3.05) is 0 Å². The van der Waals surface area contributed by atoms with Gasteiger partial charge >= 0.3 is 0 Å². The van der Waals surface area contributed by atoms with Crippen LogP contribution < -0.4 is 5.32 Å². The van der Waals surface area contributed by atoms with Gasteiger partial charge in [0.15, 0.2) is 0 Å². The largest absolute Gasteiger partial charge is 0.349 e. The van der Waals surface area contributed by atoms with Crippen molar-refractivity contribution in [2.45, 2.75) is 26.3 Å². The van der Waals surface area contributed by atoms with Crippen LogP contribution in [0.2, 0.25) is 0 Å². The Bertz CT molecular complexity index is 414. The summed E-state index contributed by atoms with van der Waals surface area (Å²) >= 11 is 0. The number of carbonyl (C=O) groups is 1. The molecule has 0 aliphatic rings. The van der Waals surface area contributed by atoms with E-state index in [1.165, 1.54) is 12.1 Å². The van der Waals surface area contributed by atoms with E-state index < -0.39 is 5.82 Å². The lowest BCUT2D eigenvalue weighted by atomic mass is 10.1. The molecule has 1 N–H and O–H groups in total. The molecule has 1 rings (SSSR count). The molecule has 0 aromatic heterocycles. The fraction of sp³-hybridized carbons (Fsp3) is 0.308. The van der Waals surface area contributed by atoms with Crippen molar-refractivity contribution in [3.8, 4) is 12.3 Å². The van der Waals surface area contributed by atoms with Crippen molar-refractivity contribution in [2.24, 2.45) is 0 Å². The third-order valence-corrected chi connectivity index (χ3v) is 2.11. The molecule has 1 amide bonds. The Morgan fingerprint density at radius 1 is 1.56 bits per heavy atom. The lowest BCUT2D eigenvalue weighted by molar-refractivity contribution is 0.0940. The van der Waals surface area contributed by atoms with E-state index in [9.17, 15) is 9.18 Å². The summed E-state index contributed by atoms with van der Waals surface area (Å²) < 4.78 is 13.1. The predicted molar refractivity (Wildman–Crippen MR) is 61.5 cm³/mol. The molecule has 84 valence electrons. The highest BCUT2D eigenvalue weighted by Gasteiger charge is 2.10. The van der Waals surface area contributed by atoms with Gasteiger partial charge in [0.1, 0.15) is 5.82 Å². The first kappa shape index (κ1) is 12.3. The normalized spacial score (nSPS) is 11.6. The number of benzene rings is 1. The monoisotopic (exact) mass is 219 g/mol. The van der Waals surface area contributed by atoms with Crippen LogP contribution in [0.3, 0.4) is 0 Å². The van der Waals surface area contributed by atoms with Crippen molar-refractivity contribution in [3.63, 3.8) is 0 Å². The number of nitrogens with one attached hydrogen (secondary N) is 1. The number of hydrogen-bond donors (Lipinski definition) is 1. The van der Waals surface area contributed by atoms with Crippen LogP contribution >= 0.6 is 0 Å². The van der Waals surface area contributed by atoms with Gasteiger partial charge in [0.2, 0.25) is 0 Å². The van der Waals surface area contributed by atoms with E-state index in [0.717, 1.165) is 5.56 Å². The first-order chi connectivity index (χ1) is 7.52. The number of aryl methyl sites for hydroxylation is 1. The van der Waals surface area contributed by atoms with Gasteiger partial charge in [-0.2, -0.15) is 0 Å². The maximum absolute atomic E-state index is 13.1. The van der Waals surface area contributed by atoms with Crippen LogP contribution in [-0.4, -0.2) is 11.9 Å². The fourth-order valence-corrected chi connectivity index (χ4v) is 1.40. The van der Waals surface area contributed by atoms with E-state index in [1.807, 2.05) is 6.92 Å². The van der Waals surface area contributed by atoms with Gasteiger partial charge in [-0.25, -0.2) is 4.39 Å². The Morgan fingerprint density at radius 3 is 2.81 bits per heavy atom. The van der Waals surface area contributed by atoms with Crippen LogP contribution in [0.5, 0.6) is 0 Å². The van der Waals surface area contributed by atoms with Crippen molar-refractivity contribution in [3.05, 3.63) is 35.1 Å². The molecule has 1 unspecified atom stereocenters. The third kappa shape index (κ3) is 3.39. The van der Waals surface area contributed by atoms with E-state index in [0.29, 0.717) is 12.0 Å². The maximum Gasteiger partial charge on any atom is 0.251 e. The second kappa shape index (κ2) is 5.32. The third-order valence-electron chi connectivity index (χ3n) is 2.11. The Labute approximate surface area is 94.9 Å². The molecule has 0 heterocycles. The zero-order valence-corrected chi connectivity index (χ0v) is 9.38. The summed E-state index contributed by atoms with van der Waals surface area (Å²) in [5, 5.41) is 2.70. The summed E-state index contributed by atoms with van der Waals surface area (Å²) in [5.74, 6) is 1.75. The highest BCUT2D eigenvalue weighted by Crippen LogP contribution is 2.08.